The van der Waals surface area contributed by atoms with Crippen LogP contribution in [0.15, 0.2) is 72.8 Å². The molecule has 3 aromatic rings. The predicted octanol–water partition coefficient (Wildman–Crippen LogP) is 4.97. The van der Waals surface area contributed by atoms with E-state index in [0.717, 1.165) is 12.8 Å². The molecule has 0 heterocycles. The van der Waals surface area contributed by atoms with Crippen molar-refractivity contribution in [3.63, 3.8) is 0 Å². The molecule has 1 aliphatic carbocycles. The highest BCUT2D eigenvalue weighted by molar-refractivity contribution is 5.40. The molecule has 0 N–H and O–H groups in total. The van der Waals surface area contributed by atoms with Crippen LogP contribution in [0.25, 0.3) is 0 Å². The van der Waals surface area contributed by atoms with Crippen LogP contribution in [-0.4, -0.2) is 0 Å². The summed E-state index contributed by atoms with van der Waals surface area (Å²) in [5.41, 5.74) is 8.69. The standard InChI is InChI=1S/C22H20/c1-2-4-17(5-3-1)14-18-6-8-19(9-7-18)15-20-10-11-21-12-13-22(21)16-20/h1-11,16H,12-15H2. The lowest BCUT2D eigenvalue weighted by Crippen LogP contribution is -2.08. The Kier molecular flexibility index (Phi) is 3.52. The van der Waals surface area contributed by atoms with Gasteiger partial charge in [0.15, 0.2) is 0 Å². The first-order chi connectivity index (χ1) is 10.9. The van der Waals surface area contributed by atoms with E-state index in [4.69, 9.17) is 0 Å². The van der Waals surface area contributed by atoms with Gasteiger partial charge in [-0.1, -0.05) is 72.8 Å². The summed E-state index contributed by atoms with van der Waals surface area (Å²) in [4.78, 5) is 0. The van der Waals surface area contributed by atoms with E-state index in [0.29, 0.717) is 0 Å². The Balaban J connectivity index is 1.46. The number of hydrogen-bond acceptors (Lipinski definition) is 0. The Morgan fingerprint density at radius 3 is 1.64 bits per heavy atom. The summed E-state index contributed by atoms with van der Waals surface area (Å²) in [5.74, 6) is 0. The van der Waals surface area contributed by atoms with Crippen LogP contribution in [0.1, 0.15) is 33.4 Å². The summed E-state index contributed by atoms with van der Waals surface area (Å²) in [6.45, 7) is 0. The summed E-state index contributed by atoms with van der Waals surface area (Å²) in [7, 11) is 0. The molecule has 0 radical (unpaired) electrons. The molecule has 0 unspecified atom stereocenters. The summed E-state index contributed by atoms with van der Waals surface area (Å²) >= 11 is 0. The number of hydrogen-bond donors (Lipinski definition) is 0. The molecule has 0 aliphatic heterocycles. The third-order valence-electron chi connectivity index (χ3n) is 4.62. The lowest BCUT2D eigenvalue weighted by molar-refractivity contribution is 0.834. The summed E-state index contributed by atoms with van der Waals surface area (Å²) in [6, 6.07) is 26.7. The molecule has 3 aromatic carbocycles. The Morgan fingerprint density at radius 2 is 1.05 bits per heavy atom. The Hall–Kier alpha value is -2.34. The molecular weight excluding hydrogens is 264 g/mol. The van der Waals surface area contributed by atoms with Gasteiger partial charge in [0, 0.05) is 0 Å². The van der Waals surface area contributed by atoms with Crippen LogP contribution < -0.4 is 0 Å². The van der Waals surface area contributed by atoms with Crippen molar-refractivity contribution in [1.82, 2.24) is 0 Å². The average Bonchev–Trinajstić information content (AvgIpc) is 2.53. The fraction of sp³-hybridized carbons (Fsp3) is 0.182. The lowest BCUT2D eigenvalue weighted by Gasteiger charge is -2.19. The van der Waals surface area contributed by atoms with Crippen molar-refractivity contribution >= 4 is 0 Å². The van der Waals surface area contributed by atoms with Crippen molar-refractivity contribution < 1.29 is 0 Å². The first-order valence-electron chi connectivity index (χ1n) is 8.09. The smallest absolute Gasteiger partial charge is 0.00257 e. The van der Waals surface area contributed by atoms with Gasteiger partial charge in [0.05, 0.1) is 0 Å². The molecule has 1 aliphatic rings. The molecule has 22 heavy (non-hydrogen) atoms. The van der Waals surface area contributed by atoms with Gasteiger partial charge in [0.1, 0.15) is 0 Å². The van der Waals surface area contributed by atoms with E-state index in [9.17, 15) is 0 Å². The molecule has 0 fully saturated rings. The molecule has 0 saturated heterocycles. The fourth-order valence-corrected chi connectivity index (χ4v) is 3.20. The van der Waals surface area contributed by atoms with Gasteiger partial charge in [-0.15, -0.1) is 0 Å². The number of benzene rings is 3. The number of fused-ring (bicyclic) bond motifs is 1. The van der Waals surface area contributed by atoms with E-state index in [2.05, 4.69) is 72.8 Å². The van der Waals surface area contributed by atoms with Gasteiger partial charge in [0.2, 0.25) is 0 Å². The second-order valence-corrected chi connectivity index (χ2v) is 6.26. The molecule has 0 spiro atoms. The Morgan fingerprint density at radius 1 is 0.500 bits per heavy atom. The third kappa shape index (κ3) is 2.82. The topological polar surface area (TPSA) is 0 Å². The zero-order chi connectivity index (χ0) is 14.8. The molecule has 108 valence electrons. The Bertz CT molecular complexity index is 767. The molecule has 0 saturated carbocycles. The second kappa shape index (κ2) is 5.81. The predicted molar refractivity (Wildman–Crippen MR) is 92.3 cm³/mol. The average molecular weight is 284 g/mol. The maximum atomic E-state index is 2.39. The van der Waals surface area contributed by atoms with Gasteiger partial charge in [-0.25, -0.2) is 0 Å². The second-order valence-electron chi connectivity index (χ2n) is 6.26. The minimum atomic E-state index is 1.01. The van der Waals surface area contributed by atoms with Crippen molar-refractivity contribution in [2.75, 3.05) is 0 Å². The van der Waals surface area contributed by atoms with Crippen molar-refractivity contribution in [1.29, 1.82) is 0 Å². The van der Waals surface area contributed by atoms with E-state index in [1.54, 1.807) is 11.1 Å². The maximum absolute atomic E-state index is 2.39. The van der Waals surface area contributed by atoms with Gasteiger partial charge >= 0.3 is 0 Å². The number of aryl methyl sites for hydroxylation is 2. The molecule has 0 nitrogen and oxygen atoms in total. The van der Waals surface area contributed by atoms with Crippen LogP contribution >= 0.6 is 0 Å². The molecule has 0 bridgehead atoms. The summed E-state index contributed by atoms with van der Waals surface area (Å²) in [5, 5.41) is 0. The minimum absolute atomic E-state index is 1.01. The monoisotopic (exact) mass is 284 g/mol. The van der Waals surface area contributed by atoms with Crippen LogP contribution in [-0.2, 0) is 25.7 Å². The zero-order valence-corrected chi connectivity index (χ0v) is 12.8. The van der Waals surface area contributed by atoms with Gasteiger partial charge in [-0.3, -0.25) is 0 Å². The lowest BCUT2D eigenvalue weighted by atomic mass is 9.86. The minimum Gasteiger partial charge on any atom is -0.0622 e. The molecule has 0 amide bonds. The van der Waals surface area contributed by atoms with Gasteiger partial charge in [-0.05, 0) is 59.1 Å². The van der Waals surface area contributed by atoms with Crippen molar-refractivity contribution in [3.05, 3.63) is 106 Å². The highest BCUT2D eigenvalue weighted by atomic mass is 14.2. The van der Waals surface area contributed by atoms with E-state index in [1.165, 1.54) is 35.1 Å². The molecule has 0 heteroatoms. The third-order valence-corrected chi connectivity index (χ3v) is 4.62. The van der Waals surface area contributed by atoms with Gasteiger partial charge < -0.3 is 0 Å². The summed E-state index contributed by atoms with van der Waals surface area (Å²) in [6.07, 6.45) is 4.59. The van der Waals surface area contributed by atoms with Crippen LogP contribution in [0.2, 0.25) is 0 Å². The van der Waals surface area contributed by atoms with Gasteiger partial charge in [0.25, 0.3) is 0 Å². The molecule has 0 atom stereocenters. The highest BCUT2D eigenvalue weighted by Gasteiger charge is 2.12. The van der Waals surface area contributed by atoms with Crippen molar-refractivity contribution in [2.45, 2.75) is 25.7 Å². The quantitative estimate of drug-likeness (QED) is 0.634. The maximum Gasteiger partial charge on any atom is -0.00257 e. The number of rotatable bonds is 4. The highest BCUT2D eigenvalue weighted by Crippen LogP contribution is 2.24. The normalized spacial score (nSPS) is 12.5. The largest absolute Gasteiger partial charge is 0.0622 e. The van der Waals surface area contributed by atoms with Crippen molar-refractivity contribution in [3.8, 4) is 0 Å². The van der Waals surface area contributed by atoms with Crippen molar-refractivity contribution in [2.24, 2.45) is 0 Å². The molecule has 4 rings (SSSR count). The van der Waals surface area contributed by atoms with E-state index >= 15 is 0 Å². The first-order valence-corrected chi connectivity index (χ1v) is 8.09. The first kappa shape index (κ1) is 13.3. The fourth-order valence-electron chi connectivity index (χ4n) is 3.20. The van der Waals surface area contributed by atoms with Crippen LogP contribution in [0, 0.1) is 0 Å². The zero-order valence-electron chi connectivity index (χ0n) is 12.8. The van der Waals surface area contributed by atoms with E-state index < -0.39 is 0 Å². The SMILES string of the molecule is c1ccc(Cc2ccc(Cc3ccc4c(c3)CC4)cc2)cc1. The summed E-state index contributed by atoms with van der Waals surface area (Å²) < 4.78 is 0. The van der Waals surface area contributed by atoms with Crippen LogP contribution in [0.4, 0.5) is 0 Å². The Labute approximate surface area is 132 Å². The molecular formula is C22H20. The van der Waals surface area contributed by atoms with Crippen LogP contribution in [0.5, 0.6) is 0 Å². The molecule has 0 aromatic heterocycles. The van der Waals surface area contributed by atoms with Gasteiger partial charge in [-0.2, -0.15) is 0 Å². The van der Waals surface area contributed by atoms with E-state index in [-0.39, 0.29) is 0 Å². The van der Waals surface area contributed by atoms with Crippen LogP contribution in [0.3, 0.4) is 0 Å². The van der Waals surface area contributed by atoms with E-state index in [1.807, 2.05) is 0 Å².